The molecule has 3 aromatic rings. The second-order valence-corrected chi connectivity index (χ2v) is 9.79. The lowest BCUT2D eigenvalue weighted by Crippen LogP contribution is -2.37. The molecule has 1 saturated heterocycles. The van der Waals surface area contributed by atoms with Crippen LogP contribution in [-0.2, 0) is 10.2 Å². The van der Waals surface area contributed by atoms with Gasteiger partial charge in [-0.05, 0) is 55.0 Å². The molecule has 11 heteroatoms. The van der Waals surface area contributed by atoms with Gasteiger partial charge < -0.3 is 14.4 Å². The number of benzene rings is 1. The molecule has 186 valence electrons. The number of fused-ring (bicyclic) bond motifs is 1. The van der Waals surface area contributed by atoms with Gasteiger partial charge in [0, 0.05) is 43.5 Å². The van der Waals surface area contributed by atoms with E-state index in [1.807, 2.05) is 36.4 Å². The van der Waals surface area contributed by atoms with Gasteiger partial charge in [0.05, 0.1) is 19.7 Å². The van der Waals surface area contributed by atoms with Crippen LogP contribution in [0.1, 0.15) is 30.7 Å². The van der Waals surface area contributed by atoms with E-state index in [2.05, 4.69) is 14.6 Å². The van der Waals surface area contributed by atoms with Gasteiger partial charge in [-0.25, -0.2) is 19.8 Å². The summed E-state index contributed by atoms with van der Waals surface area (Å²) in [5.74, 6) is 3.06. The lowest BCUT2D eigenvalue weighted by Gasteiger charge is -2.33. The predicted octanol–water partition coefficient (Wildman–Crippen LogP) is 2.61. The van der Waals surface area contributed by atoms with Crippen molar-refractivity contribution in [2.45, 2.75) is 19.3 Å². The van der Waals surface area contributed by atoms with Gasteiger partial charge in [0.2, 0.25) is 0 Å². The van der Waals surface area contributed by atoms with Crippen molar-refractivity contribution in [1.29, 1.82) is 0 Å². The number of piperidine rings is 1. The maximum Gasteiger partial charge on any atom is 0.274 e. The molecule has 0 unspecified atom stereocenters. The molecule has 1 aliphatic rings. The van der Waals surface area contributed by atoms with Crippen LogP contribution in [0.15, 0.2) is 36.7 Å². The molecule has 4 rings (SSSR count). The van der Waals surface area contributed by atoms with E-state index >= 15 is 0 Å². The number of nitrogens with zero attached hydrogens (tertiary/aromatic N) is 4. The van der Waals surface area contributed by atoms with E-state index in [1.54, 1.807) is 26.6 Å². The van der Waals surface area contributed by atoms with Gasteiger partial charge in [-0.3, -0.25) is 4.98 Å². The predicted molar refractivity (Wildman–Crippen MR) is 136 cm³/mol. The largest absolute Gasteiger partial charge is 0.493 e. The number of pyridine rings is 1. The van der Waals surface area contributed by atoms with Crippen LogP contribution in [0.3, 0.4) is 0 Å². The fourth-order valence-electron chi connectivity index (χ4n) is 4.26. The number of aromatic nitrogens is 3. The van der Waals surface area contributed by atoms with E-state index in [9.17, 15) is 8.42 Å². The van der Waals surface area contributed by atoms with Crippen LogP contribution in [0.5, 0.6) is 11.5 Å². The Bertz CT molecular complexity index is 1290. The second-order valence-electron chi connectivity index (χ2n) is 8.41. The smallest absolute Gasteiger partial charge is 0.274 e. The maximum absolute atomic E-state index is 11.1. The highest BCUT2D eigenvalue weighted by Gasteiger charge is 2.23. The van der Waals surface area contributed by atoms with Gasteiger partial charge in [-0.2, -0.15) is 8.42 Å². The molecule has 3 heterocycles. The van der Waals surface area contributed by atoms with Gasteiger partial charge in [0.1, 0.15) is 5.82 Å². The zero-order valence-electron chi connectivity index (χ0n) is 19.8. The SMILES string of the molecule is COc1cc2nc(/C=C/c3cccnc3)nc(N3CCC(CCNS(N)(=O)=O)CC3)c2cc1OC. The minimum atomic E-state index is -3.66. The molecular weight excluding hydrogens is 468 g/mol. The van der Waals surface area contributed by atoms with Gasteiger partial charge >= 0.3 is 0 Å². The first-order chi connectivity index (χ1) is 16.9. The van der Waals surface area contributed by atoms with E-state index < -0.39 is 10.2 Å². The first-order valence-corrected chi connectivity index (χ1v) is 12.9. The summed E-state index contributed by atoms with van der Waals surface area (Å²) in [5.41, 5.74) is 1.72. The standard InChI is InChI=1S/C24H30N6O4S/c1-33-21-14-19-20(15-22(21)34-2)28-23(6-5-18-4-3-10-26-16-18)29-24(19)30-12-8-17(9-13-30)7-11-27-35(25,31)32/h3-6,10,14-17,27H,7-9,11-13H2,1-2H3,(H2,25,31,32)/b6-5+. The maximum atomic E-state index is 11.1. The van der Waals surface area contributed by atoms with E-state index in [0.717, 1.165) is 54.6 Å². The Morgan fingerprint density at radius 3 is 2.54 bits per heavy atom. The highest BCUT2D eigenvalue weighted by Crippen LogP contribution is 2.36. The highest BCUT2D eigenvalue weighted by atomic mass is 32.2. The average molecular weight is 499 g/mol. The minimum absolute atomic E-state index is 0.347. The summed E-state index contributed by atoms with van der Waals surface area (Å²) < 4.78 is 35.6. The fraction of sp³-hybridized carbons (Fsp3) is 0.375. The Morgan fingerprint density at radius 1 is 1.14 bits per heavy atom. The second kappa shape index (κ2) is 11.0. The van der Waals surface area contributed by atoms with Crippen molar-refractivity contribution < 1.29 is 17.9 Å². The summed E-state index contributed by atoms with van der Waals surface area (Å²) in [6.07, 6.45) is 9.92. The third-order valence-electron chi connectivity index (χ3n) is 6.08. The van der Waals surface area contributed by atoms with Gasteiger partial charge in [-0.1, -0.05) is 6.07 Å². The number of nitrogens with one attached hydrogen (secondary N) is 1. The zero-order chi connectivity index (χ0) is 24.8. The Balaban J connectivity index is 1.61. The minimum Gasteiger partial charge on any atom is -0.493 e. The molecule has 10 nitrogen and oxygen atoms in total. The van der Waals surface area contributed by atoms with E-state index in [-0.39, 0.29) is 0 Å². The summed E-state index contributed by atoms with van der Waals surface area (Å²) in [7, 11) is -0.446. The van der Waals surface area contributed by atoms with Crippen molar-refractivity contribution >= 4 is 39.1 Å². The normalized spacial score (nSPS) is 15.1. The Morgan fingerprint density at radius 2 is 1.89 bits per heavy atom. The van der Waals surface area contributed by atoms with Crippen LogP contribution < -0.4 is 24.2 Å². The van der Waals surface area contributed by atoms with E-state index in [0.29, 0.717) is 29.8 Å². The highest BCUT2D eigenvalue weighted by molar-refractivity contribution is 7.87. The lowest BCUT2D eigenvalue weighted by molar-refractivity contribution is 0.355. The van der Waals surface area contributed by atoms with Crippen LogP contribution in [0.4, 0.5) is 5.82 Å². The molecule has 35 heavy (non-hydrogen) atoms. The molecule has 2 aromatic heterocycles. The first-order valence-electron chi connectivity index (χ1n) is 11.4. The third-order valence-corrected chi connectivity index (χ3v) is 6.68. The number of hydrogen-bond acceptors (Lipinski definition) is 8. The van der Waals surface area contributed by atoms with Crippen molar-refractivity contribution in [3.63, 3.8) is 0 Å². The molecule has 1 fully saturated rings. The molecule has 1 aliphatic heterocycles. The lowest BCUT2D eigenvalue weighted by atomic mass is 9.93. The number of anilines is 1. The molecule has 0 aliphatic carbocycles. The van der Waals surface area contributed by atoms with Gasteiger partial charge in [0.25, 0.3) is 10.2 Å². The van der Waals surface area contributed by atoms with Crippen molar-refractivity contribution in [2.75, 3.05) is 38.8 Å². The summed E-state index contributed by atoms with van der Waals surface area (Å²) in [5, 5.41) is 5.92. The van der Waals surface area contributed by atoms with Gasteiger partial charge in [-0.15, -0.1) is 0 Å². The molecule has 0 radical (unpaired) electrons. The van der Waals surface area contributed by atoms with E-state index in [1.165, 1.54) is 0 Å². The molecule has 3 N–H and O–H groups in total. The van der Waals surface area contributed by atoms with E-state index in [4.69, 9.17) is 24.6 Å². The monoisotopic (exact) mass is 498 g/mol. The van der Waals surface area contributed by atoms with Crippen molar-refractivity contribution in [1.82, 2.24) is 19.7 Å². The molecule has 0 saturated carbocycles. The van der Waals surface area contributed by atoms with Crippen LogP contribution in [-0.4, -0.2) is 57.2 Å². The molecule has 1 aromatic carbocycles. The average Bonchev–Trinajstić information content (AvgIpc) is 2.86. The van der Waals surface area contributed by atoms with Gasteiger partial charge in [0.15, 0.2) is 17.3 Å². The molecule has 0 spiro atoms. The Hall–Kier alpha value is -3.28. The van der Waals surface area contributed by atoms with Crippen LogP contribution in [0.2, 0.25) is 0 Å². The Kier molecular flexibility index (Phi) is 7.79. The third kappa shape index (κ3) is 6.44. The first kappa shape index (κ1) is 24.8. The molecular formula is C24H30N6O4S. The number of rotatable bonds is 9. The van der Waals surface area contributed by atoms with Crippen LogP contribution in [0.25, 0.3) is 23.1 Å². The number of hydrogen-bond donors (Lipinski definition) is 2. The quantitative estimate of drug-likeness (QED) is 0.460. The van der Waals surface area contributed by atoms with Crippen LogP contribution >= 0.6 is 0 Å². The molecule has 0 atom stereocenters. The fourth-order valence-corrected chi connectivity index (χ4v) is 4.66. The van der Waals surface area contributed by atoms with Crippen molar-refractivity contribution in [3.8, 4) is 11.5 Å². The number of methoxy groups -OCH3 is 2. The van der Waals surface area contributed by atoms with Crippen molar-refractivity contribution in [2.24, 2.45) is 11.1 Å². The Labute approximate surface area is 205 Å². The number of nitrogens with two attached hydrogens (primary N) is 1. The van der Waals surface area contributed by atoms with Crippen LogP contribution in [0, 0.1) is 5.92 Å². The van der Waals surface area contributed by atoms with Crippen molar-refractivity contribution in [3.05, 3.63) is 48.0 Å². The summed E-state index contributed by atoms with van der Waals surface area (Å²) in [4.78, 5) is 16.0. The summed E-state index contributed by atoms with van der Waals surface area (Å²) in [6.45, 7) is 1.94. The molecule has 0 amide bonds. The number of ether oxygens (including phenoxy) is 2. The summed E-state index contributed by atoms with van der Waals surface area (Å²) in [6, 6.07) is 7.63. The zero-order valence-corrected chi connectivity index (χ0v) is 20.7. The molecule has 0 bridgehead atoms. The topological polar surface area (TPSA) is 133 Å². The summed E-state index contributed by atoms with van der Waals surface area (Å²) >= 11 is 0.